The van der Waals surface area contributed by atoms with Crippen LogP contribution in [0.1, 0.15) is 24.3 Å². The molecule has 0 aromatic carbocycles. The lowest BCUT2D eigenvalue weighted by molar-refractivity contribution is -0.0765. The fraction of sp³-hybridized carbons (Fsp3) is 0.538. The summed E-state index contributed by atoms with van der Waals surface area (Å²) in [4.78, 5) is 18.4. The lowest BCUT2D eigenvalue weighted by atomic mass is 10.1. The van der Waals surface area contributed by atoms with Crippen LogP contribution in [0.5, 0.6) is 0 Å². The molecule has 98 valence electrons. The van der Waals surface area contributed by atoms with Crippen molar-refractivity contribution < 1.29 is 9.53 Å². The molecule has 0 aliphatic carbocycles. The summed E-state index contributed by atoms with van der Waals surface area (Å²) in [5.74, 6) is 0.664. The molecular weight excluding hydrogens is 230 g/mol. The van der Waals surface area contributed by atoms with Crippen LogP contribution < -0.4 is 5.32 Å². The van der Waals surface area contributed by atoms with Crippen molar-refractivity contribution in [3.63, 3.8) is 0 Å². The largest absolute Gasteiger partial charge is 0.373 e. The first-order valence-corrected chi connectivity index (χ1v) is 6.10. The minimum Gasteiger partial charge on any atom is -0.373 e. The molecule has 2 heterocycles. The number of carbonyl (C=O) groups excluding carboxylic acids is 1. The zero-order chi connectivity index (χ0) is 13.2. The maximum absolute atomic E-state index is 12.3. The van der Waals surface area contributed by atoms with Gasteiger partial charge in [-0.3, -0.25) is 4.79 Å². The molecule has 1 N–H and O–H groups in total. The van der Waals surface area contributed by atoms with E-state index in [1.807, 2.05) is 26.0 Å². The zero-order valence-corrected chi connectivity index (χ0v) is 11.1. The molecule has 1 fully saturated rings. The summed E-state index contributed by atoms with van der Waals surface area (Å²) in [7, 11) is 1.79. The van der Waals surface area contributed by atoms with Gasteiger partial charge in [0.15, 0.2) is 0 Å². The molecule has 1 aromatic heterocycles. The molecule has 0 saturated carbocycles. The number of nitrogens with zero attached hydrogens (tertiary/aromatic N) is 2. The van der Waals surface area contributed by atoms with E-state index in [9.17, 15) is 4.79 Å². The number of hydrogen-bond donors (Lipinski definition) is 1. The van der Waals surface area contributed by atoms with Gasteiger partial charge < -0.3 is 15.0 Å². The smallest absolute Gasteiger partial charge is 0.272 e. The van der Waals surface area contributed by atoms with E-state index in [1.165, 1.54) is 0 Å². The number of rotatable bonds is 2. The van der Waals surface area contributed by atoms with Gasteiger partial charge in [0, 0.05) is 20.1 Å². The molecule has 0 atom stereocenters. The van der Waals surface area contributed by atoms with Crippen molar-refractivity contribution in [3.8, 4) is 0 Å². The van der Waals surface area contributed by atoms with Gasteiger partial charge in [0.05, 0.1) is 12.2 Å². The van der Waals surface area contributed by atoms with E-state index in [2.05, 4.69) is 10.3 Å². The molecule has 5 heteroatoms. The van der Waals surface area contributed by atoms with Gasteiger partial charge in [-0.1, -0.05) is 6.07 Å². The summed E-state index contributed by atoms with van der Waals surface area (Å²) in [6.45, 7) is 5.77. The minimum atomic E-state index is -0.283. The Bertz CT molecular complexity index is 446. The lowest BCUT2D eigenvalue weighted by Gasteiger charge is -2.37. The van der Waals surface area contributed by atoms with Gasteiger partial charge in [-0.2, -0.15) is 0 Å². The molecule has 0 spiro atoms. The predicted octanol–water partition coefficient (Wildman–Crippen LogP) is 1.37. The van der Waals surface area contributed by atoms with Gasteiger partial charge in [0.1, 0.15) is 11.5 Å². The number of morpholine rings is 1. The Kier molecular flexibility index (Phi) is 3.52. The Morgan fingerprint density at radius 1 is 1.50 bits per heavy atom. The molecule has 5 nitrogen and oxygen atoms in total. The van der Waals surface area contributed by atoms with Crippen molar-refractivity contribution in [2.24, 2.45) is 0 Å². The second-order valence-electron chi connectivity index (χ2n) is 4.99. The molecule has 2 rings (SSSR count). The predicted molar refractivity (Wildman–Crippen MR) is 69.7 cm³/mol. The van der Waals surface area contributed by atoms with Crippen LogP contribution in [0.15, 0.2) is 18.2 Å². The highest BCUT2D eigenvalue weighted by molar-refractivity contribution is 5.92. The van der Waals surface area contributed by atoms with Gasteiger partial charge in [-0.15, -0.1) is 0 Å². The Hall–Kier alpha value is -1.62. The number of nitrogens with one attached hydrogen (secondary N) is 1. The molecule has 1 aliphatic heterocycles. The highest BCUT2D eigenvalue weighted by Gasteiger charge is 2.30. The standard InChI is InChI=1S/C13H19N3O2/c1-13(2)9-16(7-8-18-13)12(17)10-5-4-6-11(14-3)15-10/h4-6H,7-9H2,1-3H3,(H,14,15). The van der Waals surface area contributed by atoms with Gasteiger partial charge in [-0.05, 0) is 26.0 Å². The first-order chi connectivity index (χ1) is 8.52. The van der Waals surface area contributed by atoms with E-state index < -0.39 is 0 Å². The van der Waals surface area contributed by atoms with Gasteiger partial charge in [0.2, 0.25) is 0 Å². The molecule has 0 unspecified atom stereocenters. The zero-order valence-electron chi connectivity index (χ0n) is 11.1. The molecule has 0 bridgehead atoms. The third-order valence-electron chi connectivity index (χ3n) is 2.94. The van der Waals surface area contributed by atoms with Crippen molar-refractivity contribution in [1.82, 2.24) is 9.88 Å². The van der Waals surface area contributed by atoms with Crippen molar-refractivity contribution in [3.05, 3.63) is 23.9 Å². The van der Waals surface area contributed by atoms with E-state index >= 15 is 0 Å². The van der Waals surface area contributed by atoms with Crippen LogP contribution in [-0.4, -0.2) is 48.1 Å². The van der Waals surface area contributed by atoms with Gasteiger partial charge in [-0.25, -0.2) is 4.98 Å². The number of pyridine rings is 1. The Morgan fingerprint density at radius 2 is 2.28 bits per heavy atom. The molecular formula is C13H19N3O2. The number of anilines is 1. The molecule has 0 radical (unpaired) electrons. The molecule has 1 amide bonds. The van der Waals surface area contributed by atoms with Crippen LogP contribution in [0.2, 0.25) is 0 Å². The first kappa shape index (κ1) is 12.8. The summed E-state index contributed by atoms with van der Waals surface area (Å²) in [5, 5.41) is 2.93. The number of aromatic nitrogens is 1. The average Bonchev–Trinajstić information content (AvgIpc) is 2.37. The fourth-order valence-electron chi connectivity index (χ4n) is 2.04. The third kappa shape index (κ3) is 2.79. The third-order valence-corrected chi connectivity index (χ3v) is 2.94. The highest BCUT2D eigenvalue weighted by atomic mass is 16.5. The van der Waals surface area contributed by atoms with Crippen molar-refractivity contribution in [1.29, 1.82) is 0 Å². The lowest BCUT2D eigenvalue weighted by Crippen LogP contribution is -2.50. The Morgan fingerprint density at radius 3 is 2.94 bits per heavy atom. The minimum absolute atomic E-state index is 0.0384. The number of amides is 1. The number of ether oxygens (including phenoxy) is 1. The second-order valence-corrected chi connectivity index (χ2v) is 4.99. The fourth-order valence-corrected chi connectivity index (χ4v) is 2.04. The van der Waals surface area contributed by atoms with E-state index in [0.717, 1.165) is 0 Å². The van der Waals surface area contributed by atoms with Crippen LogP contribution in [0, 0.1) is 0 Å². The Labute approximate surface area is 107 Å². The molecule has 1 aromatic rings. The van der Waals surface area contributed by atoms with Crippen molar-refractivity contribution >= 4 is 11.7 Å². The van der Waals surface area contributed by atoms with Crippen LogP contribution in [0.25, 0.3) is 0 Å². The maximum atomic E-state index is 12.3. The normalized spacial score (nSPS) is 18.5. The summed E-state index contributed by atoms with van der Waals surface area (Å²) < 4.78 is 5.60. The van der Waals surface area contributed by atoms with Gasteiger partial charge >= 0.3 is 0 Å². The SMILES string of the molecule is CNc1cccc(C(=O)N2CCOC(C)(C)C2)n1. The van der Waals surface area contributed by atoms with Crippen LogP contribution in [0.4, 0.5) is 5.82 Å². The van der Waals surface area contributed by atoms with Crippen molar-refractivity contribution in [2.45, 2.75) is 19.4 Å². The van der Waals surface area contributed by atoms with Crippen molar-refractivity contribution in [2.75, 3.05) is 32.1 Å². The monoisotopic (exact) mass is 249 g/mol. The van der Waals surface area contributed by atoms with Gasteiger partial charge in [0.25, 0.3) is 5.91 Å². The van der Waals surface area contributed by atoms with E-state index in [-0.39, 0.29) is 11.5 Å². The van der Waals surface area contributed by atoms with E-state index in [4.69, 9.17) is 4.74 Å². The van der Waals surface area contributed by atoms with Crippen LogP contribution >= 0.6 is 0 Å². The summed E-state index contributed by atoms with van der Waals surface area (Å²) in [5.41, 5.74) is 0.189. The molecule has 1 saturated heterocycles. The topological polar surface area (TPSA) is 54.5 Å². The maximum Gasteiger partial charge on any atom is 0.272 e. The second kappa shape index (κ2) is 4.94. The highest BCUT2D eigenvalue weighted by Crippen LogP contribution is 2.18. The quantitative estimate of drug-likeness (QED) is 0.860. The van der Waals surface area contributed by atoms with Crippen LogP contribution in [-0.2, 0) is 4.74 Å². The van der Waals surface area contributed by atoms with Crippen LogP contribution in [0.3, 0.4) is 0 Å². The van der Waals surface area contributed by atoms with E-state index in [1.54, 1.807) is 18.0 Å². The first-order valence-electron chi connectivity index (χ1n) is 6.10. The summed E-state index contributed by atoms with van der Waals surface area (Å²) in [6, 6.07) is 5.41. The van der Waals surface area contributed by atoms with E-state index in [0.29, 0.717) is 31.2 Å². The molecule has 18 heavy (non-hydrogen) atoms. The Balaban J connectivity index is 2.15. The average molecular weight is 249 g/mol. The number of hydrogen-bond acceptors (Lipinski definition) is 4. The summed E-state index contributed by atoms with van der Waals surface area (Å²) in [6.07, 6.45) is 0. The summed E-state index contributed by atoms with van der Waals surface area (Å²) >= 11 is 0. The molecule has 1 aliphatic rings. The number of carbonyl (C=O) groups is 1.